The fourth-order valence-corrected chi connectivity index (χ4v) is 2.00. The molecule has 0 amide bonds. The number of esters is 2. The molecule has 0 fully saturated rings. The van der Waals surface area contributed by atoms with Crippen LogP contribution in [0.15, 0.2) is 11.6 Å². The normalized spacial score (nSPS) is 13.4. The minimum absolute atomic E-state index is 0.206. The van der Waals surface area contributed by atoms with E-state index in [4.69, 9.17) is 9.47 Å². The molecule has 0 rings (SSSR count). The van der Waals surface area contributed by atoms with E-state index < -0.39 is 11.9 Å². The van der Waals surface area contributed by atoms with E-state index in [2.05, 4.69) is 33.8 Å². The van der Waals surface area contributed by atoms with Gasteiger partial charge in [0.15, 0.2) is 0 Å². The maximum Gasteiger partial charge on any atom is 0.417 e. The van der Waals surface area contributed by atoms with E-state index in [1.165, 1.54) is 5.57 Å². The molecular weight excluding hydrogens is 268 g/mol. The maximum absolute atomic E-state index is 11.4. The first-order chi connectivity index (χ1) is 9.72. The summed E-state index contributed by atoms with van der Waals surface area (Å²) in [7, 11) is 0. The number of hydrogen-bond acceptors (Lipinski definition) is 4. The Hall–Kier alpha value is -1.32. The average Bonchev–Trinajstić information content (AvgIpc) is 2.34. The van der Waals surface area contributed by atoms with Crippen LogP contribution in [0, 0.1) is 17.8 Å². The van der Waals surface area contributed by atoms with Gasteiger partial charge in [-0.25, -0.2) is 9.59 Å². The van der Waals surface area contributed by atoms with Gasteiger partial charge in [0, 0.05) is 0 Å². The highest BCUT2D eigenvalue weighted by Gasteiger charge is 2.18. The van der Waals surface area contributed by atoms with Gasteiger partial charge in [-0.05, 0) is 37.5 Å². The van der Waals surface area contributed by atoms with E-state index in [0.29, 0.717) is 11.8 Å². The summed E-state index contributed by atoms with van der Waals surface area (Å²) in [5.41, 5.74) is 1.35. The van der Waals surface area contributed by atoms with Crippen molar-refractivity contribution in [1.82, 2.24) is 0 Å². The molecule has 0 aromatic rings. The Morgan fingerprint density at radius 1 is 1.00 bits per heavy atom. The van der Waals surface area contributed by atoms with Gasteiger partial charge < -0.3 is 9.47 Å². The number of carbonyl (C=O) groups excluding carboxylic acids is 2. The Kier molecular flexibility index (Phi) is 9.76. The lowest BCUT2D eigenvalue weighted by molar-refractivity contribution is -0.168. The molecule has 21 heavy (non-hydrogen) atoms. The third-order valence-corrected chi connectivity index (χ3v) is 2.85. The van der Waals surface area contributed by atoms with Crippen molar-refractivity contribution in [2.24, 2.45) is 17.8 Å². The van der Waals surface area contributed by atoms with Crippen LogP contribution >= 0.6 is 0 Å². The predicted octanol–water partition coefficient (Wildman–Crippen LogP) is 3.75. The molecule has 0 aliphatic carbocycles. The highest BCUT2D eigenvalue weighted by molar-refractivity contribution is 6.29. The zero-order valence-corrected chi connectivity index (χ0v) is 14.3. The monoisotopic (exact) mass is 298 g/mol. The second-order valence-corrected chi connectivity index (χ2v) is 6.48. The number of allylic oxidation sites excluding steroid dienone is 2. The highest BCUT2D eigenvalue weighted by Crippen LogP contribution is 2.16. The standard InChI is InChI=1S/C17H30O4/c1-12(2)9-15(6)10-14(5)7-8-20-16(18)17(19)21-11-13(3)4/h9,12-14H,7-8,10-11H2,1-6H3. The lowest BCUT2D eigenvalue weighted by Gasteiger charge is -2.13. The molecule has 0 spiro atoms. The van der Waals surface area contributed by atoms with Crippen LogP contribution < -0.4 is 0 Å². The fraction of sp³-hybridized carbons (Fsp3) is 0.765. The molecule has 1 unspecified atom stereocenters. The molecule has 4 heteroatoms. The number of rotatable bonds is 8. The van der Waals surface area contributed by atoms with Crippen molar-refractivity contribution >= 4 is 11.9 Å². The van der Waals surface area contributed by atoms with Crippen molar-refractivity contribution in [2.75, 3.05) is 13.2 Å². The van der Waals surface area contributed by atoms with E-state index >= 15 is 0 Å². The zero-order chi connectivity index (χ0) is 16.4. The fourth-order valence-electron chi connectivity index (χ4n) is 2.00. The quantitative estimate of drug-likeness (QED) is 0.389. The van der Waals surface area contributed by atoms with Crippen molar-refractivity contribution in [3.8, 4) is 0 Å². The summed E-state index contributed by atoms with van der Waals surface area (Å²) >= 11 is 0. The molecule has 0 saturated heterocycles. The Morgan fingerprint density at radius 3 is 2.10 bits per heavy atom. The van der Waals surface area contributed by atoms with Crippen LogP contribution in [0.5, 0.6) is 0 Å². The van der Waals surface area contributed by atoms with Gasteiger partial charge in [-0.2, -0.15) is 0 Å². The van der Waals surface area contributed by atoms with Crippen molar-refractivity contribution in [1.29, 1.82) is 0 Å². The smallest absolute Gasteiger partial charge is 0.417 e. The average molecular weight is 298 g/mol. The van der Waals surface area contributed by atoms with Crippen LogP contribution in [-0.4, -0.2) is 25.2 Å². The Balaban J connectivity index is 3.92. The zero-order valence-electron chi connectivity index (χ0n) is 14.3. The van der Waals surface area contributed by atoms with Crippen molar-refractivity contribution < 1.29 is 19.1 Å². The summed E-state index contributed by atoms with van der Waals surface area (Å²) < 4.78 is 9.74. The predicted molar refractivity (Wildman–Crippen MR) is 83.7 cm³/mol. The molecule has 0 saturated carbocycles. The van der Waals surface area contributed by atoms with Gasteiger partial charge in [0.1, 0.15) is 0 Å². The number of carbonyl (C=O) groups is 2. The molecule has 0 aromatic heterocycles. The van der Waals surface area contributed by atoms with E-state index in [0.717, 1.165) is 12.8 Å². The molecule has 0 bridgehead atoms. The molecule has 0 aromatic carbocycles. The highest BCUT2D eigenvalue weighted by atomic mass is 16.6. The van der Waals surface area contributed by atoms with Gasteiger partial charge in [-0.1, -0.05) is 46.3 Å². The SMILES string of the molecule is CC(=CC(C)C)CC(C)CCOC(=O)C(=O)OCC(C)C. The van der Waals surface area contributed by atoms with Crippen LogP contribution in [0.2, 0.25) is 0 Å². The molecule has 1 atom stereocenters. The molecule has 0 aliphatic heterocycles. The van der Waals surface area contributed by atoms with Gasteiger partial charge in [0.2, 0.25) is 0 Å². The Morgan fingerprint density at radius 2 is 1.57 bits per heavy atom. The van der Waals surface area contributed by atoms with Crippen LogP contribution in [0.1, 0.15) is 54.4 Å². The summed E-state index contributed by atoms with van der Waals surface area (Å²) in [4.78, 5) is 22.7. The van der Waals surface area contributed by atoms with Gasteiger partial charge in [-0.15, -0.1) is 0 Å². The van der Waals surface area contributed by atoms with E-state index in [-0.39, 0.29) is 19.1 Å². The third-order valence-electron chi connectivity index (χ3n) is 2.85. The summed E-state index contributed by atoms with van der Waals surface area (Å²) in [6.45, 7) is 12.8. The van der Waals surface area contributed by atoms with E-state index in [1.54, 1.807) is 0 Å². The lowest BCUT2D eigenvalue weighted by Crippen LogP contribution is -2.23. The third kappa shape index (κ3) is 11.1. The minimum Gasteiger partial charge on any atom is -0.457 e. The molecule has 0 heterocycles. The molecule has 0 aliphatic rings. The molecule has 0 radical (unpaired) electrons. The van der Waals surface area contributed by atoms with Crippen LogP contribution in [0.3, 0.4) is 0 Å². The summed E-state index contributed by atoms with van der Waals surface area (Å²) in [5, 5.41) is 0. The molecule has 0 N–H and O–H groups in total. The van der Waals surface area contributed by atoms with Gasteiger partial charge in [-0.3, -0.25) is 0 Å². The van der Waals surface area contributed by atoms with E-state index in [1.807, 2.05) is 13.8 Å². The number of ether oxygens (including phenoxy) is 2. The van der Waals surface area contributed by atoms with Crippen molar-refractivity contribution in [3.63, 3.8) is 0 Å². The Bertz CT molecular complexity index is 356. The first kappa shape index (κ1) is 19.7. The Labute approximate surface area is 128 Å². The van der Waals surface area contributed by atoms with Gasteiger partial charge >= 0.3 is 11.9 Å². The lowest BCUT2D eigenvalue weighted by atomic mass is 9.97. The second-order valence-electron chi connectivity index (χ2n) is 6.48. The first-order valence-electron chi connectivity index (χ1n) is 7.73. The van der Waals surface area contributed by atoms with Crippen molar-refractivity contribution in [2.45, 2.75) is 54.4 Å². The van der Waals surface area contributed by atoms with Crippen molar-refractivity contribution in [3.05, 3.63) is 11.6 Å². The summed E-state index contributed by atoms with van der Waals surface area (Å²) in [5.74, 6) is -0.618. The van der Waals surface area contributed by atoms with Crippen LogP contribution in [0.25, 0.3) is 0 Å². The minimum atomic E-state index is -0.896. The largest absolute Gasteiger partial charge is 0.457 e. The topological polar surface area (TPSA) is 52.6 Å². The van der Waals surface area contributed by atoms with Crippen LogP contribution in [-0.2, 0) is 19.1 Å². The second kappa shape index (κ2) is 10.4. The summed E-state index contributed by atoms with van der Waals surface area (Å²) in [6, 6.07) is 0. The van der Waals surface area contributed by atoms with Gasteiger partial charge in [0.05, 0.1) is 13.2 Å². The molecule has 4 nitrogen and oxygen atoms in total. The maximum atomic E-state index is 11.4. The molecular formula is C17H30O4. The molecule has 122 valence electrons. The summed E-state index contributed by atoms with van der Waals surface area (Å²) in [6.07, 6.45) is 3.96. The van der Waals surface area contributed by atoms with Crippen LogP contribution in [0.4, 0.5) is 0 Å². The number of hydrogen-bond donors (Lipinski definition) is 0. The first-order valence-corrected chi connectivity index (χ1v) is 7.73. The van der Waals surface area contributed by atoms with E-state index in [9.17, 15) is 9.59 Å². The van der Waals surface area contributed by atoms with Gasteiger partial charge in [0.25, 0.3) is 0 Å².